The van der Waals surface area contributed by atoms with Crippen LogP contribution in [0.5, 0.6) is 0 Å². The summed E-state index contributed by atoms with van der Waals surface area (Å²) >= 11 is 0. The SMILES string of the molecule is CCNCC1(CN(C)CC2CCCCC2)CCCOC1. The van der Waals surface area contributed by atoms with Crippen LogP contribution in [-0.4, -0.2) is 51.3 Å². The summed E-state index contributed by atoms with van der Waals surface area (Å²) in [7, 11) is 2.32. The number of hydrogen-bond donors (Lipinski definition) is 1. The van der Waals surface area contributed by atoms with Gasteiger partial charge in [-0.3, -0.25) is 0 Å². The fourth-order valence-electron chi connectivity index (χ4n) is 4.07. The van der Waals surface area contributed by atoms with Crippen LogP contribution in [-0.2, 0) is 4.74 Å². The van der Waals surface area contributed by atoms with Gasteiger partial charge in [-0.2, -0.15) is 0 Å². The van der Waals surface area contributed by atoms with Gasteiger partial charge in [0, 0.05) is 31.7 Å². The van der Waals surface area contributed by atoms with E-state index >= 15 is 0 Å². The Morgan fingerprint density at radius 1 is 1.20 bits per heavy atom. The maximum Gasteiger partial charge on any atom is 0.0546 e. The molecule has 3 nitrogen and oxygen atoms in total. The molecule has 1 unspecified atom stereocenters. The molecule has 2 rings (SSSR count). The third-order valence-electron chi connectivity index (χ3n) is 5.05. The Morgan fingerprint density at radius 2 is 2.00 bits per heavy atom. The van der Waals surface area contributed by atoms with Crippen molar-refractivity contribution < 1.29 is 4.74 Å². The zero-order chi connectivity index (χ0) is 14.3. The van der Waals surface area contributed by atoms with Crippen LogP contribution < -0.4 is 5.32 Å². The van der Waals surface area contributed by atoms with Crippen LogP contribution in [0, 0.1) is 11.3 Å². The van der Waals surface area contributed by atoms with E-state index in [1.54, 1.807) is 0 Å². The predicted molar refractivity (Wildman–Crippen MR) is 85.1 cm³/mol. The van der Waals surface area contributed by atoms with Crippen LogP contribution in [0.15, 0.2) is 0 Å². The Balaban J connectivity index is 1.82. The van der Waals surface area contributed by atoms with E-state index in [1.165, 1.54) is 58.0 Å². The van der Waals surface area contributed by atoms with E-state index in [1.807, 2.05) is 0 Å². The largest absolute Gasteiger partial charge is 0.381 e. The van der Waals surface area contributed by atoms with Gasteiger partial charge in [-0.15, -0.1) is 0 Å². The monoisotopic (exact) mass is 282 g/mol. The van der Waals surface area contributed by atoms with E-state index in [9.17, 15) is 0 Å². The average molecular weight is 282 g/mol. The van der Waals surface area contributed by atoms with E-state index in [4.69, 9.17) is 4.74 Å². The molecule has 20 heavy (non-hydrogen) atoms. The fourth-order valence-corrected chi connectivity index (χ4v) is 4.07. The number of nitrogens with zero attached hydrogens (tertiary/aromatic N) is 1. The molecule has 1 heterocycles. The fraction of sp³-hybridized carbons (Fsp3) is 1.00. The first-order chi connectivity index (χ1) is 9.74. The summed E-state index contributed by atoms with van der Waals surface area (Å²) in [5.41, 5.74) is 0.345. The molecule has 0 aromatic heterocycles. The summed E-state index contributed by atoms with van der Waals surface area (Å²) in [6, 6.07) is 0. The van der Waals surface area contributed by atoms with Gasteiger partial charge in [0.1, 0.15) is 0 Å². The highest BCUT2D eigenvalue weighted by Gasteiger charge is 2.34. The second-order valence-electron chi connectivity index (χ2n) is 7.14. The first-order valence-corrected chi connectivity index (χ1v) is 8.71. The minimum absolute atomic E-state index is 0.345. The molecule has 3 heteroatoms. The zero-order valence-electron chi connectivity index (χ0n) is 13.6. The summed E-state index contributed by atoms with van der Waals surface area (Å²) in [5, 5.41) is 3.56. The summed E-state index contributed by atoms with van der Waals surface area (Å²) in [6.07, 6.45) is 9.78. The van der Waals surface area contributed by atoms with Gasteiger partial charge in [-0.25, -0.2) is 0 Å². The van der Waals surface area contributed by atoms with Crippen LogP contribution >= 0.6 is 0 Å². The highest BCUT2D eigenvalue weighted by Crippen LogP contribution is 2.30. The smallest absolute Gasteiger partial charge is 0.0546 e. The molecule has 2 aliphatic rings. The van der Waals surface area contributed by atoms with E-state index in [2.05, 4.69) is 24.2 Å². The van der Waals surface area contributed by atoms with Gasteiger partial charge >= 0.3 is 0 Å². The molecule has 118 valence electrons. The Morgan fingerprint density at radius 3 is 2.65 bits per heavy atom. The topological polar surface area (TPSA) is 24.5 Å². The maximum atomic E-state index is 5.81. The molecule has 2 fully saturated rings. The van der Waals surface area contributed by atoms with E-state index in [0.717, 1.165) is 32.2 Å². The maximum absolute atomic E-state index is 5.81. The minimum atomic E-state index is 0.345. The van der Waals surface area contributed by atoms with Crippen molar-refractivity contribution in [1.82, 2.24) is 10.2 Å². The van der Waals surface area contributed by atoms with Crippen LogP contribution in [0.25, 0.3) is 0 Å². The molecule has 1 atom stereocenters. The molecule has 1 saturated carbocycles. The molecular formula is C17H34N2O. The third-order valence-corrected chi connectivity index (χ3v) is 5.05. The predicted octanol–water partition coefficient (Wildman–Crippen LogP) is 2.90. The van der Waals surface area contributed by atoms with Crippen LogP contribution in [0.1, 0.15) is 51.9 Å². The van der Waals surface area contributed by atoms with Crippen LogP contribution in [0.3, 0.4) is 0 Å². The van der Waals surface area contributed by atoms with Crippen molar-refractivity contribution in [3.8, 4) is 0 Å². The molecule has 1 saturated heterocycles. The van der Waals surface area contributed by atoms with Crippen molar-refractivity contribution in [1.29, 1.82) is 0 Å². The molecule has 0 aromatic carbocycles. The van der Waals surface area contributed by atoms with Crippen molar-refractivity contribution in [2.75, 3.05) is 46.4 Å². The van der Waals surface area contributed by atoms with Crippen molar-refractivity contribution in [3.05, 3.63) is 0 Å². The molecule has 0 spiro atoms. The second-order valence-corrected chi connectivity index (χ2v) is 7.14. The van der Waals surface area contributed by atoms with Gasteiger partial charge in [-0.05, 0) is 45.2 Å². The van der Waals surface area contributed by atoms with Gasteiger partial charge in [0.25, 0.3) is 0 Å². The number of ether oxygens (including phenoxy) is 1. The first-order valence-electron chi connectivity index (χ1n) is 8.71. The number of hydrogen-bond acceptors (Lipinski definition) is 3. The van der Waals surface area contributed by atoms with Gasteiger partial charge in [0.2, 0.25) is 0 Å². The summed E-state index contributed by atoms with van der Waals surface area (Å²) in [4.78, 5) is 2.59. The Kier molecular flexibility index (Phi) is 6.79. The van der Waals surface area contributed by atoms with Gasteiger partial charge in [-0.1, -0.05) is 26.2 Å². The van der Waals surface area contributed by atoms with Gasteiger partial charge < -0.3 is 15.0 Å². The third kappa shape index (κ3) is 5.01. The first kappa shape index (κ1) is 16.3. The van der Waals surface area contributed by atoms with Crippen molar-refractivity contribution in [3.63, 3.8) is 0 Å². The van der Waals surface area contributed by atoms with Gasteiger partial charge in [0.15, 0.2) is 0 Å². The zero-order valence-corrected chi connectivity index (χ0v) is 13.6. The summed E-state index contributed by atoms with van der Waals surface area (Å²) < 4.78 is 5.81. The molecule has 0 aromatic rings. The lowest BCUT2D eigenvalue weighted by Crippen LogP contribution is -2.49. The Hall–Kier alpha value is -0.120. The molecule has 1 aliphatic carbocycles. The van der Waals surface area contributed by atoms with E-state index in [0.29, 0.717) is 5.41 Å². The molecular weight excluding hydrogens is 248 g/mol. The highest BCUT2D eigenvalue weighted by atomic mass is 16.5. The van der Waals surface area contributed by atoms with Crippen molar-refractivity contribution in [2.45, 2.75) is 51.9 Å². The minimum Gasteiger partial charge on any atom is -0.381 e. The summed E-state index contributed by atoms with van der Waals surface area (Å²) in [6.45, 7) is 8.75. The molecule has 0 radical (unpaired) electrons. The second kappa shape index (κ2) is 8.35. The molecule has 1 N–H and O–H groups in total. The lowest BCUT2D eigenvalue weighted by Gasteiger charge is -2.41. The molecule has 0 amide bonds. The quantitative estimate of drug-likeness (QED) is 0.777. The van der Waals surface area contributed by atoms with Gasteiger partial charge in [0.05, 0.1) is 6.61 Å². The van der Waals surface area contributed by atoms with E-state index < -0.39 is 0 Å². The Bertz CT molecular complexity index is 258. The number of rotatable bonds is 7. The van der Waals surface area contributed by atoms with Crippen molar-refractivity contribution >= 4 is 0 Å². The molecule has 0 bridgehead atoms. The average Bonchev–Trinajstić information content (AvgIpc) is 2.47. The van der Waals surface area contributed by atoms with Crippen LogP contribution in [0.2, 0.25) is 0 Å². The highest BCUT2D eigenvalue weighted by molar-refractivity contribution is 4.87. The lowest BCUT2D eigenvalue weighted by atomic mass is 9.81. The Labute approximate surface area is 125 Å². The van der Waals surface area contributed by atoms with E-state index in [-0.39, 0.29) is 0 Å². The summed E-state index contributed by atoms with van der Waals surface area (Å²) in [5.74, 6) is 0.939. The van der Waals surface area contributed by atoms with Crippen LogP contribution in [0.4, 0.5) is 0 Å². The number of nitrogens with one attached hydrogen (secondary N) is 1. The molecule has 1 aliphatic heterocycles. The normalized spacial score (nSPS) is 28.9. The standard InChI is InChI=1S/C17H34N2O/c1-3-18-13-17(10-7-11-20-15-17)14-19(2)12-16-8-5-4-6-9-16/h16,18H,3-15H2,1-2H3. The lowest BCUT2D eigenvalue weighted by molar-refractivity contribution is -0.0246. The van der Waals surface area contributed by atoms with Crippen molar-refractivity contribution in [2.24, 2.45) is 11.3 Å².